The molecule has 1 saturated heterocycles. The zero-order valence-electron chi connectivity index (χ0n) is 17.6. The van der Waals surface area contributed by atoms with Gasteiger partial charge in [-0.2, -0.15) is 0 Å². The van der Waals surface area contributed by atoms with Gasteiger partial charge in [-0.15, -0.1) is 17.0 Å². The Kier molecular flexibility index (Phi) is 9.33. The van der Waals surface area contributed by atoms with Gasteiger partial charge in [0.15, 0.2) is 11.3 Å². The molecule has 2 aromatic rings. The maximum absolute atomic E-state index is 12.9. The molecule has 0 atom stereocenters. The number of amides is 1. The smallest absolute Gasteiger partial charge is 0.253 e. The standard InChI is InChI=1S/C21H28BrN3O4.BrH/c1-23(2)6-7-24(3)21(27)16-12-15(4-5-22)20-17(13-16)18(26)14-19(29-20)25-8-10-28-11-9-25;/h12-14H,4-11H2,1-3H3;1H. The summed E-state index contributed by atoms with van der Waals surface area (Å²) in [5.74, 6) is 0.463. The minimum Gasteiger partial charge on any atom is -0.440 e. The number of likely N-dealkylation sites (N-methyl/N-ethyl adjacent to an activating group) is 2. The third-order valence-electron chi connectivity index (χ3n) is 5.06. The highest BCUT2D eigenvalue weighted by molar-refractivity contribution is 9.09. The van der Waals surface area contributed by atoms with Crippen LogP contribution < -0.4 is 10.3 Å². The number of anilines is 1. The third kappa shape index (κ3) is 5.84. The molecule has 0 bridgehead atoms. The maximum atomic E-state index is 12.9. The molecule has 2 heterocycles. The van der Waals surface area contributed by atoms with Crippen LogP contribution in [0, 0.1) is 0 Å². The number of rotatable bonds is 7. The Morgan fingerprint density at radius 3 is 2.47 bits per heavy atom. The minimum absolute atomic E-state index is 0. The molecule has 0 spiro atoms. The van der Waals surface area contributed by atoms with Crippen molar-refractivity contribution in [2.75, 3.05) is 70.8 Å². The maximum Gasteiger partial charge on any atom is 0.253 e. The van der Waals surface area contributed by atoms with Gasteiger partial charge >= 0.3 is 0 Å². The number of fused-ring (bicyclic) bond motifs is 1. The van der Waals surface area contributed by atoms with Crippen molar-refractivity contribution in [3.05, 3.63) is 39.5 Å². The molecule has 1 aliphatic heterocycles. The molecule has 1 aromatic carbocycles. The Morgan fingerprint density at radius 2 is 1.83 bits per heavy atom. The van der Waals surface area contributed by atoms with Crippen LogP contribution in [0.5, 0.6) is 0 Å². The predicted octanol–water partition coefficient (Wildman–Crippen LogP) is 2.78. The lowest BCUT2D eigenvalue weighted by atomic mass is 10.0. The number of hydrogen-bond donors (Lipinski definition) is 0. The average Bonchev–Trinajstić information content (AvgIpc) is 2.72. The van der Waals surface area contributed by atoms with Gasteiger partial charge < -0.3 is 23.9 Å². The van der Waals surface area contributed by atoms with Crippen LogP contribution in [0.2, 0.25) is 0 Å². The van der Waals surface area contributed by atoms with Crippen molar-refractivity contribution in [1.82, 2.24) is 9.80 Å². The molecule has 0 saturated carbocycles. The number of carbonyl (C=O) groups is 1. The van der Waals surface area contributed by atoms with E-state index in [2.05, 4.69) is 15.9 Å². The van der Waals surface area contributed by atoms with E-state index >= 15 is 0 Å². The highest BCUT2D eigenvalue weighted by Crippen LogP contribution is 2.26. The van der Waals surface area contributed by atoms with Crippen molar-refractivity contribution in [3.8, 4) is 0 Å². The molecule has 1 aliphatic rings. The van der Waals surface area contributed by atoms with Gasteiger partial charge in [0.05, 0.1) is 18.6 Å². The van der Waals surface area contributed by atoms with Crippen LogP contribution in [-0.4, -0.2) is 81.6 Å². The number of aryl methyl sites for hydroxylation is 1. The summed E-state index contributed by atoms with van der Waals surface area (Å²) in [5.41, 5.74) is 1.80. The third-order valence-corrected chi connectivity index (χ3v) is 5.45. The lowest BCUT2D eigenvalue weighted by molar-refractivity contribution is 0.0786. The number of carbonyl (C=O) groups excluding carboxylic acids is 1. The first-order valence-corrected chi connectivity index (χ1v) is 10.9. The van der Waals surface area contributed by atoms with Crippen molar-refractivity contribution < 1.29 is 13.9 Å². The number of ether oxygens (including phenoxy) is 1. The fourth-order valence-corrected chi connectivity index (χ4v) is 3.77. The first kappa shape index (κ1) is 24.8. The van der Waals surface area contributed by atoms with Crippen LogP contribution in [0.3, 0.4) is 0 Å². The van der Waals surface area contributed by atoms with E-state index in [1.165, 1.54) is 6.07 Å². The van der Waals surface area contributed by atoms with Crippen molar-refractivity contribution in [3.63, 3.8) is 0 Å². The molecule has 0 N–H and O–H groups in total. The van der Waals surface area contributed by atoms with Crippen LogP contribution >= 0.6 is 32.9 Å². The summed E-state index contributed by atoms with van der Waals surface area (Å²) < 4.78 is 11.5. The van der Waals surface area contributed by atoms with Crippen LogP contribution in [0.1, 0.15) is 15.9 Å². The molecule has 1 amide bonds. The van der Waals surface area contributed by atoms with E-state index in [1.807, 2.05) is 30.0 Å². The largest absolute Gasteiger partial charge is 0.440 e. The predicted molar refractivity (Wildman–Crippen MR) is 129 cm³/mol. The van der Waals surface area contributed by atoms with Crippen LogP contribution in [-0.2, 0) is 11.2 Å². The van der Waals surface area contributed by atoms with E-state index in [0.717, 1.165) is 12.1 Å². The number of halogens is 2. The van der Waals surface area contributed by atoms with E-state index < -0.39 is 0 Å². The Balaban J connectivity index is 0.00000320. The lowest BCUT2D eigenvalue weighted by Crippen LogP contribution is -2.36. The summed E-state index contributed by atoms with van der Waals surface area (Å²) >= 11 is 3.47. The summed E-state index contributed by atoms with van der Waals surface area (Å²) in [5, 5.41) is 1.16. The van der Waals surface area contributed by atoms with Gasteiger partial charge in [0.2, 0.25) is 0 Å². The monoisotopic (exact) mass is 545 g/mol. The highest BCUT2D eigenvalue weighted by atomic mass is 79.9. The number of hydrogen-bond acceptors (Lipinski definition) is 6. The van der Waals surface area contributed by atoms with Gasteiger partial charge in [0, 0.05) is 50.2 Å². The molecular formula is C21H29Br2N3O4. The molecule has 0 radical (unpaired) electrons. The molecule has 0 aliphatic carbocycles. The molecule has 3 rings (SSSR count). The molecule has 166 valence electrons. The van der Waals surface area contributed by atoms with Gasteiger partial charge in [0.25, 0.3) is 5.91 Å². The first-order valence-electron chi connectivity index (χ1n) is 9.80. The van der Waals surface area contributed by atoms with Crippen molar-refractivity contribution >= 4 is 55.7 Å². The quantitative estimate of drug-likeness (QED) is 0.497. The first-order chi connectivity index (χ1) is 13.9. The molecule has 1 fully saturated rings. The Morgan fingerprint density at radius 1 is 1.13 bits per heavy atom. The molecular weight excluding hydrogens is 518 g/mol. The Labute approximate surface area is 195 Å². The van der Waals surface area contributed by atoms with E-state index in [0.29, 0.717) is 67.0 Å². The Hall–Kier alpha value is -1.42. The second-order valence-electron chi connectivity index (χ2n) is 7.53. The summed E-state index contributed by atoms with van der Waals surface area (Å²) in [6.07, 6.45) is 0.661. The highest BCUT2D eigenvalue weighted by Gasteiger charge is 2.20. The van der Waals surface area contributed by atoms with Crippen LogP contribution in [0.15, 0.2) is 27.4 Å². The normalized spacial score (nSPS) is 14.1. The van der Waals surface area contributed by atoms with Crippen molar-refractivity contribution in [2.24, 2.45) is 0 Å². The SMILES string of the molecule is Br.CN(C)CCN(C)C(=O)c1cc(CCBr)c2oc(N3CCOCC3)cc(=O)c2c1. The zero-order valence-corrected chi connectivity index (χ0v) is 20.9. The second-order valence-corrected chi connectivity index (χ2v) is 8.32. The molecule has 0 unspecified atom stereocenters. The zero-order chi connectivity index (χ0) is 21.0. The van der Waals surface area contributed by atoms with E-state index in [4.69, 9.17) is 9.15 Å². The fraction of sp³-hybridized carbons (Fsp3) is 0.524. The molecule has 1 aromatic heterocycles. The van der Waals surface area contributed by atoms with Crippen LogP contribution in [0.25, 0.3) is 11.0 Å². The van der Waals surface area contributed by atoms with Gasteiger partial charge in [-0.1, -0.05) is 15.9 Å². The second kappa shape index (κ2) is 11.3. The number of alkyl halides is 1. The average molecular weight is 547 g/mol. The summed E-state index contributed by atoms with van der Waals surface area (Å²) in [7, 11) is 5.73. The molecule has 9 heteroatoms. The summed E-state index contributed by atoms with van der Waals surface area (Å²) in [6, 6.07) is 5.04. The van der Waals surface area contributed by atoms with Gasteiger partial charge in [-0.3, -0.25) is 9.59 Å². The van der Waals surface area contributed by atoms with E-state index in [-0.39, 0.29) is 28.3 Å². The number of nitrogens with zero attached hydrogens (tertiary/aromatic N) is 3. The van der Waals surface area contributed by atoms with Gasteiger partial charge in [-0.05, 0) is 38.2 Å². The number of morpholine rings is 1. The summed E-state index contributed by atoms with van der Waals surface area (Å²) in [4.78, 5) is 31.6. The summed E-state index contributed by atoms with van der Waals surface area (Å²) in [6.45, 7) is 3.99. The number of benzene rings is 1. The fourth-order valence-electron chi connectivity index (χ4n) is 3.34. The van der Waals surface area contributed by atoms with Gasteiger partial charge in [0.1, 0.15) is 5.58 Å². The molecule has 30 heavy (non-hydrogen) atoms. The van der Waals surface area contributed by atoms with E-state index in [1.54, 1.807) is 18.0 Å². The Bertz CT molecular complexity index is 926. The topological polar surface area (TPSA) is 66.2 Å². The van der Waals surface area contributed by atoms with E-state index in [9.17, 15) is 9.59 Å². The van der Waals surface area contributed by atoms with Crippen LogP contribution in [0.4, 0.5) is 5.88 Å². The molecule has 7 nitrogen and oxygen atoms in total. The lowest BCUT2D eigenvalue weighted by Gasteiger charge is -2.27. The van der Waals surface area contributed by atoms with Crippen molar-refractivity contribution in [1.29, 1.82) is 0 Å². The van der Waals surface area contributed by atoms with Gasteiger partial charge in [-0.25, -0.2) is 0 Å². The minimum atomic E-state index is -0.130. The van der Waals surface area contributed by atoms with Crippen molar-refractivity contribution in [2.45, 2.75) is 6.42 Å².